The van der Waals surface area contributed by atoms with Crippen LogP contribution in [0.5, 0.6) is 0 Å². The first-order valence-electron chi connectivity index (χ1n) is 20.7. The molecule has 2 fully saturated rings. The van der Waals surface area contributed by atoms with Crippen molar-refractivity contribution in [3.8, 4) is 0 Å². The van der Waals surface area contributed by atoms with Gasteiger partial charge < -0.3 is 18.9 Å². The van der Waals surface area contributed by atoms with Crippen molar-refractivity contribution >= 4 is 23.9 Å². The number of hydrogen-bond acceptors (Lipinski definition) is 10. The van der Waals surface area contributed by atoms with Gasteiger partial charge in [0.05, 0.1) is 14.2 Å². The normalized spacial score (nSPS) is 19.8. The van der Waals surface area contributed by atoms with Crippen molar-refractivity contribution in [3.63, 3.8) is 0 Å². The van der Waals surface area contributed by atoms with E-state index in [0.29, 0.717) is 25.7 Å². The van der Waals surface area contributed by atoms with Crippen LogP contribution in [0.15, 0.2) is 0 Å². The third-order valence-corrected chi connectivity index (χ3v) is 11.6. The zero-order valence-corrected chi connectivity index (χ0v) is 36.2. The molecule has 0 atom stereocenters. The van der Waals surface area contributed by atoms with Crippen LogP contribution >= 0.6 is 0 Å². The van der Waals surface area contributed by atoms with E-state index in [1.54, 1.807) is 0 Å². The number of ether oxygens (including phenoxy) is 4. The molecular weight excluding hydrogens is 672 g/mol. The number of piperidine rings is 2. The molecule has 0 spiro atoms. The summed E-state index contributed by atoms with van der Waals surface area (Å²) in [5.41, 5.74) is 0.172. The van der Waals surface area contributed by atoms with Gasteiger partial charge in [-0.1, -0.05) is 58.3 Å². The van der Waals surface area contributed by atoms with E-state index in [2.05, 4.69) is 88.6 Å². The van der Waals surface area contributed by atoms with Gasteiger partial charge in [-0.3, -0.25) is 29.0 Å². The fourth-order valence-electron chi connectivity index (χ4n) is 8.71. The molecule has 0 aliphatic carbocycles. The summed E-state index contributed by atoms with van der Waals surface area (Å²) < 4.78 is 20.9. The lowest BCUT2D eigenvalue weighted by atomic mass is 9.78. The van der Waals surface area contributed by atoms with E-state index in [9.17, 15) is 19.2 Å². The fourth-order valence-corrected chi connectivity index (χ4v) is 8.71. The van der Waals surface area contributed by atoms with Gasteiger partial charge in [-0.15, -0.1) is 0 Å². The van der Waals surface area contributed by atoms with Crippen LogP contribution in [0.25, 0.3) is 0 Å². The molecule has 0 saturated carbocycles. The Morgan fingerprint density at radius 1 is 0.472 bits per heavy atom. The molecule has 2 saturated heterocycles. The average Bonchev–Trinajstić information content (AvgIpc) is 3.04. The second kappa shape index (κ2) is 23.7. The largest absolute Gasteiger partial charge is 0.469 e. The predicted molar refractivity (Wildman–Crippen MR) is 213 cm³/mol. The van der Waals surface area contributed by atoms with Gasteiger partial charge in [0.1, 0.15) is 12.2 Å². The Labute approximate surface area is 324 Å². The highest BCUT2D eigenvalue weighted by Crippen LogP contribution is 2.40. The van der Waals surface area contributed by atoms with Crippen molar-refractivity contribution in [3.05, 3.63) is 0 Å². The molecule has 0 aromatic carbocycles. The van der Waals surface area contributed by atoms with Crippen molar-refractivity contribution in [1.82, 2.24) is 9.80 Å². The molecule has 0 radical (unpaired) electrons. The van der Waals surface area contributed by atoms with Crippen LogP contribution in [0.1, 0.15) is 191 Å². The minimum Gasteiger partial charge on any atom is -0.469 e. The van der Waals surface area contributed by atoms with E-state index in [4.69, 9.17) is 9.47 Å². The lowest BCUT2D eigenvalue weighted by molar-refractivity contribution is -0.161. The molecule has 10 heteroatoms. The number of likely N-dealkylation sites (tertiary alicyclic amines) is 2. The van der Waals surface area contributed by atoms with Crippen molar-refractivity contribution in [2.75, 3.05) is 27.8 Å². The minimum atomic E-state index is -0.131. The first kappa shape index (κ1) is 48.8. The van der Waals surface area contributed by atoms with Crippen LogP contribution in [-0.4, -0.2) is 95.9 Å². The summed E-state index contributed by atoms with van der Waals surface area (Å²) in [6.45, 7) is 21.1. The smallest absolute Gasteiger partial charge is 0.306 e. The van der Waals surface area contributed by atoms with Gasteiger partial charge in [0.15, 0.2) is 0 Å². The van der Waals surface area contributed by atoms with Gasteiger partial charge in [-0.25, -0.2) is 0 Å². The van der Waals surface area contributed by atoms with E-state index >= 15 is 0 Å². The summed E-state index contributed by atoms with van der Waals surface area (Å²) in [7, 11) is 5.01. The van der Waals surface area contributed by atoms with E-state index in [1.165, 1.54) is 14.2 Å². The molecule has 0 bridgehead atoms. The number of unbranched alkanes of at least 4 members (excludes halogenated alkanes) is 10. The van der Waals surface area contributed by atoms with Gasteiger partial charge in [0, 0.05) is 73.5 Å². The van der Waals surface area contributed by atoms with Crippen LogP contribution in [0, 0.1) is 0 Å². The lowest BCUT2D eigenvalue weighted by Gasteiger charge is -2.54. The second-order valence-corrected chi connectivity index (χ2v) is 18.0. The molecule has 310 valence electrons. The molecule has 2 rings (SSSR count). The zero-order chi connectivity index (χ0) is 40.3. The summed E-state index contributed by atoms with van der Waals surface area (Å²) in [5.74, 6) is -0.374. The van der Waals surface area contributed by atoms with Crippen molar-refractivity contribution in [1.29, 1.82) is 0 Å². The first-order chi connectivity index (χ1) is 24.7. The van der Waals surface area contributed by atoms with E-state index in [0.717, 1.165) is 109 Å². The van der Waals surface area contributed by atoms with Crippen LogP contribution in [0.4, 0.5) is 0 Å². The Balaban J connectivity index is 0.000000530. The monoisotopic (exact) mass is 753 g/mol. The van der Waals surface area contributed by atoms with E-state index < -0.39 is 0 Å². The Bertz CT molecular complexity index is 1070. The van der Waals surface area contributed by atoms with E-state index in [-0.39, 0.29) is 58.2 Å². The Morgan fingerprint density at radius 3 is 1.02 bits per heavy atom. The number of carbonyl (C=O) groups excluding carboxylic acids is 4. The minimum absolute atomic E-state index is 0.0158. The lowest BCUT2D eigenvalue weighted by Crippen LogP contribution is -2.62. The van der Waals surface area contributed by atoms with Crippen LogP contribution < -0.4 is 0 Å². The third-order valence-electron chi connectivity index (χ3n) is 11.6. The van der Waals surface area contributed by atoms with Gasteiger partial charge in [-0.05, 0) is 94.7 Å². The quantitative estimate of drug-likeness (QED) is 0.0639. The van der Waals surface area contributed by atoms with Gasteiger partial charge in [-0.2, -0.15) is 0 Å². The highest BCUT2D eigenvalue weighted by atomic mass is 16.5. The number of esters is 4. The average molecular weight is 753 g/mol. The summed E-state index contributed by atoms with van der Waals surface area (Å²) in [4.78, 5) is 51.4. The number of carbonyl (C=O) groups is 4. The maximum absolute atomic E-state index is 12.2. The SMILES string of the molecule is CCN1C(C)(C)CC(OC(=O)CCCCCCCCC(=O)OC)CC1(C)C.COC(=O)CCCCCCCCC(=O)OC1CC(C)(C)N(C)C(C)(C)C1. The van der Waals surface area contributed by atoms with E-state index in [1.807, 2.05) is 0 Å². The molecule has 2 heterocycles. The van der Waals surface area contributed by atoms with Crippen molar-refractivity contribution < 1.29 is 38.1 Å². The molecule has 0 aromatic heterocycles. The molecule has 10 nitrogen and oxygen atoms in total. The van der Waals surface area contributed by atoms with Gasteiger partial charge in [0.2, 0.25) is 0 Å². The van der Waals surface area contributed by atoms with Crippen LogP contribution in [0.2, 0.25) is 0 Å². The topological polar surface area (TPSA) is 112 Å². The maximum Gasteiger partial charge on any atom is 0.306 e. The van der Waals surface area contributed by atoms with Gasteiger partial charge in [0.25, 0.3) is 0 Å². The molecule has 2 aliphatic rings. The summed E-state index contributed by atoms with van der Waals surface area (Å²) in [5, 5.41) is 0. The van der Waals surface area contributed by atoms with Crippen molar-refractivity contribution in [2.45, 2.75) is 225 Å². The first-order valence-corrected chi connectivity index (χ1v) is 20.7. The third kappa shape index (κ3) is 18.8. The number of methoxy groups -OCH3 is 2. The standard InChI is InChI=1S/C22H41NO4.C21H39NO4/c1-7-23-21(2,3)16-18(17-22(23,4)5)27-20(25)15-13-11-9-8-10-12-14-19(24)26-6;1-20(2)15-17(16-21(3,4)22(20)5)26-19(24)14-12-10-8-7-9-11-13-18(23)25-6/h18H,7-17H2,1-6H3;17H,7-16H2,1-6H3. The van der Waals surface area contributed by atoms with Crippen molar-refractivity contribution in [2.24, 2.45) is 0 Å². The molecule has 0 unspecified atom stereocenters. The number of rotatable bonds is 21. The predicted octanol–water partition coefficient (Wildman–Crippen LogP) is 9.34. The summed E-state index contributed by atoms with van der Waals surface area (Å²) in [6, 6.07) is 0. The number of hydrogen-bond donors (Lipinski definition) is 0. The Morgan fingerprint density at radius 2 is 0.736 bits per heavy atom. The Kier molecular flexibility index (Phi) is 21.8. The maximum atomic E-state index is 12.2. The molecular formula is C43H80N2O8. The van der Waals surface area contributed by atoms with Gasteiger partial charge >= 0.3 is 23.9 Å². The van der Waals surface area contributed by atoms with Crippen LogP contribution in [0.3, 0.4) is 0 Å². The van der Waals surface area contributed by atoms with Crippen LogP contribution in [-0.2, 0) is 38.1 Å². The number of nitrogens with zero attached hydrogens (tertiary/aromatic N) is 2. The molecule has 0 aromatic rings. The summed E-state index contributed by atoms with van der Waals surface area (Å²) >= 11 is 0. The highest BCUT2D eigenvalue weighted by molar-refractivity contribution is 5.70. The highest BCUT2D eigenvalue weighted by Gasteiger charge is 2.46. The Hall–Kier alpha value is -2.20. The zero-order valence-electron chi connectivity index (χ0n) is 36.2. The fraction of sp³-hybridized carbons (Fsp3) is 0.907. The molecule has 2 aliphatic heterocycles. The molecule has 53 heavy (non-hydrogen) atoms. The second-order valence-electron chi connectivity index (χ2n) is 18.0. The molecule has 0 amide bonds. The summed E-state index contributed by atoms with van der Waals surface area (Å²) in [6.07, 6.45) is 17.7. The molecule has 0 N–H and O–H groups in total.